The third kappa shape index (κ3) is 5.71. The average Bonchev–Trinajstić information content (AvgIpc) is 3.98. The van der Waals surface area contributed by atoms with E-state index in [1.165, 1.54) is 98.1 Å². The summed E-state index contributed by atoms with van der Waals surface area (Å²) >= 11 is 1.87. The Bertz CT molecular complexity index is 3630. The van der Waals surface area contributed by atoms with E-state index in [1.54, 1.807) is 0 Å². The Kier molecular flexibility index (Phi) is 8.72. The molecule has 0 aliphatic heterocycles. The van der Waals surface area contributed by atoms with Gasteiger partial charge >= 0.3 is 0 Å². The highest BCUT2D eigenvalue weighted by Gasteiger charge is 2.46. The first-order valence-electron chi connectivity index (χ1n) is 23.0. The third-order valence-corrected chi connectivity index (χ3v) is 15.7. The number of hydrogen-bond acceptors (Lipinski definition) is 2. The van der Waals surface area contributed by atoms with Crippen LogP contribution in [0.15, 0.2) is 237 Å². The van der Waals surface area contributed by atoms with Crippen LogP contribution in [0.5, 0.6) is 0 Å². The van der Waals surface area contributed by atoms with Crippen LogP contribution in [-0.4, -0.2) is 0 Å². The summed E-state index contributed by atoms with van der Waals surface area (Å²) in [6.45, 7) is 4.73. The van der Waals surface area contributed by atoms with E-state index in [2.05, 4.69) is 255 Å². The summed E-state index contributed by atoms with van der Waals surface area (Å²) in [4.78, 5) is 2.45. The molecule has 13 rings (SSSR count). The van der Waals surface area contributed by atoms with Gasteiger partial charge in [-0.2, -0.15) is 0 Å². The van der Waals surface area contributed by atoms with Crippen molar-refractivity contribution in [2.45, 2.75) is 24.7 Å². The number of nitrogens with zero attached hydrogens (tertiary/aromatic N) is 1. The van der Waals surface area contributed by atoms with Gasteiger partial charge in [0, 0.05) is 42.6 Å². The maximum Gasteiger partial charge on any atom is 0.0713 e. The molecule has 10 aromatic carbocycles. The molecule has 312 valence electrons. The summed E-state index contributed by atoms with van der Waals surface area (Å²) in [5.74, 6) is 0. The molecule has 0 spiro atoms. The van der Waals surface area contributed by atoms with Crippen LogP contribution in [0.1, 0.15) is 47.2 Å². The van der Waals surface area contributed by atoms with Crippen molar-refractivity contribution < 1.29 is 0 Å². The Labute approximate surface area is 390 Å². The molecule has 2 aliphatic rings. The molecular weight excluding hydrogens is 815 g/mol. The van der Waals surface area contributed by atoms with Gasteiger partial charge in [-0.15, -0.1) is 11.3 Å². The molecule has 66 heavy (non-hydrogen) atoms. The van der Waals surface area contributed by atoms with E-state index >= 15 is 0 Å². The van der Waals surface area contributed by atoms with Crippen LogP contribution >= 0.6 is 11.3 Å². The van der Waals surface area contributed by atoms with Crippen molar-refractivity contribution in [1.29, 1.82) is 0 Å². The molecule has 0 saturated carbocycles. The predicted molar refractivity (Wildman–Crippen MR) is 280 cm³/mol. The SMILES string of the molecule is CC1(C)c2ccccc2-c2ccc(N(c3ccc(-c4cccc5sc6ccccc6c45)cc3)c3cccc(-c4ccc5c(c4)-c4ccccc4C5(c4ccccc4)c4ccccc4)c3)cc21. The number of anilines is 3. The second-order valence-corrected chi connectivity index (χ2v) is 19.5. The lowest BCUT2D eigenvalue weighted by atomic mass is 9.67. The number of hydrogen-bond donors (Lipinski definition) is 0. The van der Waals surface area contributed by atoms with Gasteiger partial charge in [0.25, 0.3) is 0 Å². The van der Waals surface area contributed by atoms with Crippen molar-refractivity contribution in [2.24, 2.45) is 0 Å². The summed E-state index contributed by atoms with van der Waals surface area (Å²) in [5.41, 5.74) is 20.8. The summed E-state index contributed by atoms with van der Waals surface area (Å²) in [6, 6.07) is 88.2. The molecular formula is C64H45NS. The first-order chi connectivity index (χ1) is 32.5. The van der Waals surface area contributed by atoms with E-state index in [0.29, 0.717) is 0 Å². The van der Waals surface area contributed by atoms with Gasteiger partial charge in [0.2, 0.25) is 0 Å². The fraction of sp³-hybridized carbons (Fsp3) is 0.0625. The predicted octanol–water partition coefficient (Wildman–Crippen LogP) is 17.5. The Morgan fingerprint density at radius 1 is 0.333 bits per heavy atom. The molecule has 0 bridgehead atoms. The number of rotatable bonds is 7. The van der Waals surface area contributed by atoms with E-state index in [9.17, 15) is 0 Å². The summed E-state index contributed by atoms with van der Waals surface area (Å²) in [6.07, 6.45) is 0. The lowest BCUT2D eigenvalue weighted by Gasteiger charge is -2.33. The van der Waals surface area contributed by atoms with E-state index in [1.807, 2.05) is 11.3 Å². The third-order valence-electron chi connectivity index (χ3n) is 14.6. The van der Waals surface area contributed by atoms with Crippen LogP contribution in [0.4, 0.5) is 17.1 Å². The van der Waals surface area contributed by atoms with Gasteiger partial charge in [-0.05, 0) is 132 Å². The number of fused-ring (bicyclic) bond motifs is 9. The molecule has 11 aromatic rings. The lowest BCUT2D eigenvalue weighted by Crippen LogP contribution is -2.28. The molecule has 1 nitrogen and oxygen atoms in total. The van der Waals surface area contributed by atoms with Crippen LogP contribution in [-0.2, 0) is 10.8 Å². The molecule has 1 heterocycles. The maximum absolute atomic E-state index is 2.45. The number of thiophene rings is 1. The Hall–Kier alpha value is -7.78. The normalized spacial score (nSPS) is 13.8. The molecule has 0 unspecified atom stereocenters. The average molecular weight is 860 g/mol. The van der Waals surface area contributed by atoms with Gasteiger partial charge in [-0.1, -0.05) is 196 Å². The van der Waals surface area contributed by atoms with Gasteiger partial charge in [-0.25, -0.2) is 0 Å². The van der Waals surface area contributed by atoms with Gasteiger partial charge < -0.3 is 4.90 Å². The van der Waals surface area contributed by atoms with E-state index in [-0.39, 0.29) is 5.41 Å². The van der Waals surface area contributed by atoms with Gasteiger partial charge in [0.15, 0.2) is 0 Å². The molecule has 2 aliphatic carbocycles. The van der Waals surface area contributed by atoms with Crippen LogP contribution in [0.3, 0.4) is 0 Å². The molecule has 0 N–H and O–H groups in total. The minimum atomic E-state index is -0.430. The van der Waals surface area contributed by atoms with Crippen molar-refractivity contribution in [2.75, 3.05) is 4.90 Å². The fourth-order valence-electron chi connectivity index (χ4n) is 11.5. The minimum absolute atomic E-state index is 0.128. The van der Waals surface area contributed by atoms with Crippen LogP contribution in [0, 0.1) is 0 Å². The highest BCUT2D eigenvalue weighted by atomic mass is 32.1. The second-order valence-electron chi connectivity index (χ2n) is 18.4. The first kappa shape index (κ1) is 38.7. The Morgan fingerprint density at radius 3 is 1.65 bits per heavy atom. The van der Waals surface area contributed by atoms with Crippen LogP contribution in [0.25, 0.3) is 64.7 Å². The van der Waals surface area contributed by atoms with Crippen LogP contribution < -0.4 is 4.90 Å². The topological polar surface area (TPSA) is 3.24 Å². The zero-order valence-electron chi connectivity index (χ0n) is 36.9. The Morgan fingerprint density at radius 2 is 0.879 bits per heavy atom. The van der Waals surface area contributed by atoms with Crippen molar-refractivity contribution in [3.63, 3.8) is 0 Å². The zero-order valence-corrected chi connectivity index (χ0v) is 37.7. The van der Waals surface area contributed by atoms with E-state index in [4.69, 9.17) is 0 Å². The minimum Gasteiger partial charge on any atom is -0.310 e. The number of benzene rings is 10. The monoisotopic (exact) mass is 859 g/mol. The van der Waals surface area contributed by atoms with Crippen LogP contribution in [0.2, 0.25) is 0 Å². The van der Waals surface area contributed by atoms with Crippen molar-refractivity contribution >= 4 is 48.6 Å². The smallest absolute Gasteiger partial charge is 0.0713 e. The largest absolute Gasteiger partial charge is 0.310 e. The fourth-order valence-corrected chi connectivity index (χ4v) is 12.7. The Balaban J connectivity index is 0.960. The van der Waals surface area contributed by atoms with Gasteiger partial charge in [-0.3, -0.25) is 0 Å². The van der Waals surface area contributed by atoms with E-state index in [0.717, 1.165) is 17.1 Å². The standard InChI is InChI=1S/C64H45NS/c1-63(2)56-27-12-9-23-51(56)53-37-36-49(41-59(53)63)65(47-34-31-42(32-35-47)50-26-16-30-61-62(50)54-25-11-14-29-60(54)66-61)48-22-15-17-43(39-48)44-33-38-58-55(40-44)52-24-10-13-28-57(52)64(58,45-18-5-3-6-19-45)46-20-7-4-8-21-46/h3-41H,1-2H3. The molecule has 0 saturated heterocycles. The van der Waals surface area contributed by atoms with E-state index < -0.39 is 5.41 Å². The van der Waals surface area contributed by atoms with Crippen molar-refractivity contribution in [3.8, 4) is 44.5 Å². The highest BCUT2D eigenvalue weighted by Crippen LogP contribution is 2.57. The molecule has 0 atom stereocenters. The lowest BCUT2D eigenvalue weighted by molar-refractivity contribution is 0.660. The quantitative estimate of drug-likeness (QED) is 0.154. The molecule has 0 fully saturated rings. The highest BCUT2D eigenvalue weighted by molar-refractivity contribution is 7.25. The second kappa shape index (κ2) is 14.9. The van der Waals surface area contributed by atoms with Gasteiger partial charge in [0.1, 0.15) is 0 Å². The molecule has 2 heteroatoms. The molecule has 1 aromatic heterocycles. The van der Waals surface area contributed by atoms with Crippen molar-refractivity contribution in [1.82, 2.24) is 0 Å². The van der Waals surface area contributed by atoms with Crippen molar-refractivity contribution in [3.05, 3.63) is 270 Å². The van der Waals surface area contributed by atoms with Gasteiger partial charge in [0.05, 0.1) is 5.41 Å². The summed E-state index contributed by atoms with van der Waals surface area (Å²) in [7, 11) is 0. The molecule has 0 amide bonds. The summed E-state index contributed by atoms with van der Waals surface area (Å²) in [5, 5.41) is 2.65. The zero-order chi connectivity index (χ0) is 44.0. The maximum atomic E-state index is 2.45. The first-order valence-corrected chi connectivity index (χ1v) is 23.8. The molecule has 0 radical (unpaired) electrons. The summed E-state index contributed by atoms with van der Waals surface area (Å²) < 4.78 is 2.64.